The van der Waals surface area contributed by atoms with Crippen LogP contribution in [0.2, 0.25) is 0 Å². The first-order valence-corrected chi connectivity index (χ1v) is 31.7. The Balaban J connectivity index is 0.861. The maximum atomic E-state index is 2.54. The van der Waals surface area contributed by atoms with Crippen molar-refractivity contribution in [3.63, 3.8) is 0 Å². The van der Waals surface area contributed by atoms with E-state index in [0.717, 1.165) is 68.2 Å². The van der Waals surface area contributed by atoms with Crippen LogP contribution in [0.3, 0.4) is 0 Å². The molecule has 4 aliphatic rings. The lowest BCUT2D eigenvalue weighted by Crippen LogP contribution is -2.27. The Bertz CT molecular complexity index is 4670. The lowest BCUT2D eigenvalue weighted by molar-refractivity contribution is 0.813. The fourth-order valence-corrected chi connectivity index (χ4v) is 14.0. The van der Waals surface area contributed by atoms with Crippen molar-refractivity contribution in [2.24, 2.45) is 5.92 Å². The van der Waals surface area contributed by atoms with Crippen LogP contribution in [0.15, 0.2) is 404 Å². The highest BCUT2D eigenvalue weighted by Gasteiger charge is 2.42. The van der Waals surface area contributed by atoms with Gasteiger partial charge in [-0.25, -0.2) is 0 Å². The molecule has 0 aliphatic heterocycles. The molecule has 12 aromatic carbocycles. The fraction of sp³-hybridized carbons (Fsp3) is 0.0227. The van der Waals surface area contributed by atoms with Crippen molar-refractivity contribution in [3.05, 3.63) is 426 Å². The smallest absolute Gasteiger partial charge is 0.0462 e. The molecule has 436 valence electrons. The van der Waals surface area contributed by atoms with Gasteiger partial charge in [0, 0.05) is 80.1 Å². The normalized spacial score (nSPS) is 15.3. The van der Waals surface area contributed by atoms with Crippen molar-refractivity contribution in [3.8, 4) is 0 Å². The molecular weight excluding hydrogens is 1110 g/mol. The highest BCUT2D eigenvalue weighted by Crippen LogP contribution is 2.58. The third kappa shape index (κ3) is 10.5. The molecule has 0 saturated carbocycles. The molecule has 0 aromatic heterocycles. The number of anilines is 12. The van der Waals surface area contributed by atoms with Crippen LogP contribution in [-0.4, -0.2) is 0 Å². The van der Waals surface area contributed by atoms with Gasteiger partial charge in [-0.15, -0.1) is 0 Å². The molecule has 2 atom stereocenters. The number of allylic oxidation sites excluding steroid dienone is 14. The third-order valence-electron chi connectivity index (χ3n) is 18.2. The first-order valence-electron chi connectivity index (χ1n) is 31.7. The van der Waals surface area contributed by atoms with Crippen LogP contribution >= 0.6 is 0 Å². The van der Waals surface area contributed by atoms with Crippen LogP contribution in [0.1, 0.15) is 28.2 Å². The second kappa shape index (κ2) is 24.5. The van der Waals surface area contributed by atoms with E-state index < -0.39 is 0 Å². The lowest BCUT2D eigenvalue weighted by atomic mass is 9.61. The van der Waals surface area contributed by atoms with E-state index in [1.807, 2.05) is 0 Å². The minimum absolute atomic E-state index is 0.0599. The van der Waals surface area contributed by atoms with Gasteiger partial charge in [-0.3, -0.25) is 0 Å². The lowest BCUT2D eigenvalue weighted by Gasteiger charge is -2.42. The Morgan fingerprint density at radius 3 is 0.848 bits per heavy atom. The molecule has 0 fully saturated rings. The molecule has 12 aromatic rings. The van der Waals surface area contributed by atoms with E-state index >= 15 is 0 Å². The van der Waals surface area contributed by atoms with Crippen molar-refractivity contribution in [2.45, 2.75) is 5.92 Å². The van der Waals surface area contributed by atoms with Crippen molar-refractivity contribution in [1.29, 1.82) is 0 Å². The number of para-hydroxylation sites is 8. The molecule has 0 spiro atoms. The molecule has 0 bridgehead atoms. The van der Waals surface area contributed by atoms with Gasteiger partial charge in [-0.1, -0.05) is 225 Å². The minimum Gasteiger partial charge on any atom is -0.311 e. The summed E-state index contributed by atoms with van der Waals surface area (Å²) < 4.78 is 0. The minimum atomic E-state index is -0.0670. The summed E-state index contributed by atoms with van der Waals surface area (Å²) in [4.78, 5) is 9.37. The Morgan fingerprint density at radius 1 is 0.228 bits per heavy atom. The fourth-order valence-electron chi connectivity index (χ4n) is 14.0. The zero-order valence-corrected chi connectivity index (χ0v) is 50.7. The Labute approximate surface area is 539 Å². The number of hydrogen-bond donors (Lipinski definition) is 0. The van der Waals surface area contributed by atoms with Gasteiger partial charge in [0.1, 0.15) is 0 Å². The van der Waals surface area contributed by atoms with Crippen LogP contribution in [-0.2, 0) is 0 Å². The number of nitrogens with zero attached hydrogens (tertiary/aromatic N) is 4. The molecule has 0 heterocycles. The zero-order valence-electron chi connectivity index (χ0n) is 50.7. The summed E-state index contributed by atoms with van der Waals surface area (Å²) in [5, 5.41) is 0. The number of hydrogen-bond acceptors (Lipinski definition) is 4. The highest BCUT2D eigenvalue weighted by atomic mass is 15.2. The summed E-state index contributed by atoms with van der Waals surface area (Å²) >= 11 is 0. The second-order valence-electron chi connectivity index (χ2n) is 23.6. The molecule has 16 rings (SSSR count). The molecule has 4 nitrogen and oxygen atoms in total. The van der Waals surface area contributed by atoms with Crippen LogP contribution in [0, 0.1) is 5.92 Å². The Morgan fingerprint density at radius 2 is 0.511 bits per heavy atom. The van der Waals surface area contributed by atoms with E-state index in [1.165, 1.54) is 66.8 Å². The Hall–Kier alpha value is -12.0. The standard InChI is InChI=1S/C88H64N4/c1-9-25-67(26-10-1)89(68-27-11-2-12-28-68)75-49-41-63(42-50-75)83-61-84(64-43-51-76(52-44-64)90(69-29-13-3-14-30-69)70-31-15-4-16-32-70)80-59-60-82-86(66-47-55-78(56-48-66)92(73-37-21-7-22-38-73)74-39-23-8-24-40-74)62-85(81-58-57-79(83)87(80)88(81)82)65-45-53-77(54-46-65)91(71-33-17-5-18-34-71)72-35-19-6-20-36-72/h1-62,83,88H. The third-order valence-corrected chi connectivity index (χ3v) is 18.2. The van der Waals surface area contributed by atoms with Gasteiger partial charge in [-0.05, 0) is 219 Å². The van der Waals surface area contributed by atoms with Gasteiger partial charge in [0.25, 0.3) is 0 Å². The summed E-state index contributed by atoms with van der Waals surface area (Å²) in [5.41, 5.74) is 28.2. The topological polar surface area (TPSA) is 13.0 Å². The molecular formula is C88H64N4. The van der Waals surface area contributed by atoms with Gasteiger partial charge in [-0.2, -0.15) is 0 Å². The molecule has 0 radical (unpaired) electrons. The van der Waals surface area contributed by atoms with E-state index in [0.29, 0.717) is 0 Å². The van der Waals surface area contributed by atoms with Gasteiger partial charge >= 0.3 is 0 Å². The van der Waals surface area contributed by atoms with E-state index in [4.69, 9.17) is 0 Å². The molecule has 4 aliphatic carbocycles. The summed E-state index contributed by atoms with van der Waals surface area (Å²) in [6, 6.07) is 122. The molecule has 0 saturated heterocycles. The van der Waals surface area contributed by atoms with Gasteiger partial charge in [0.2, 0.25) is 0 Å². The predicted molar refractivity (Wildman–Crippen MR) is 386 cm³/mol. The second-order valence-corrected chi connectivity index (χ2v) is 23.6. The summed E-state index contributed by atoms with van der Waals surface area (Å²) in [7, 11) is 0. The van der Waals surface area contributed by atoms with Crippen LogP contribution in [0.4, 0.5) is 68.2 Å². The SMILES string of the molecule is C1=CC2=C(c3ccc(N(c4ccccc4)c4ccccc4)cc3)C=C(c3ccc(N(c4ccccc4)c4ccccc4)cc3)C3=CC=C4C(=C1C(c1ccc(N(c5ccccc5)c5ccccc5)cc1)=CC4c1ccc(N(c4ccccc4)c4ccccc4)cc1)C32. The van der Waals surface area contributed by atoms with Crippen molar-refractivity contribution in [1.82, 2.24) is 0 Å². The van der Waals surface area contributed by atoms with Gasteiger partial charge in [0.15, 0.2) is 0 Å². The van der Waals surface area contributed by atoms with E-state index in [2.05, 4.69) is 396 Å². The predicted octanol–water partition coefficient (Wildman–Crippen LogP) is 23.6. The number of benzene rings is 12. The first-order chi connectivity index (χ1) is 45.7. The molecule has 4 heteroatoms. The summed E-state index contributed by atoms with van der Waals surface area (Å²) in [6.45, 7) is 0. The monoisotopic (exact) mass is 1180 g/mol. The van der Waals surface area contributed by atoms with Crippen molar-refractivity contribution >= 4 is 85.0 Å². The molecule has 2 unspecified atom stereocenters. The van der Waals surface area contributed by atoms with Crippen LogP contribution in [0.5, 0.6) is 0 Å². The molecule has 92 heavy (non-hydrogen) atoms. The largest absolute Gasteiger partial charge is 0.311 e. The maximum Gasteiger partial charge on any atom is 0.0462 e. The first kappa shape index (κ1) is 55.3. The average molecular weight is 1180 g/mol. The average Bonchev–Trinajstić information content (AvgIpc) is 0.710. The zero-order chi connectivity index (χ0) is 61.2. The molecule has 0 amide bonds. The van der Waals surface area contributed by atoms with Gasteiger partial charge < -0.3 is 19.6 Å². The van der Waals surface area contributed by atoms with E-state index in [1.54, 1.807) is 0 Å². The quantitative estimate of drug-likeness (QED) is 0.0956. The van der Waals surface area contributed by atoms with Crippen molar-refractivity contribution in [2.75, 3.05) is 19.6 Å². The number of rotatable bonds is 16. The maximum absolute atomic E-state index is 2.54. The van der Waals surface area contributed by atoms with E-state index in [9.17, 15) is 0 Å². The summed E-state index contributed by atoms with van der Waals surface area (Å²) in [6.07, 6.45) is 14.8. The highest BCUT2D eigenvalue weighted by molar-refractivity contribution is 6.02. The van der Waals surface area contributed by atoms with Crippen LogP contribution < -0.4 is 19.6 Å². The Kier molecular flexibility index (Phi) is 14.8. The summed E-state index contributed by atoms with van der Waals surface area (Å²) in [5.74, 6) is -0.127. The molecule has 0 N–H and O–H groups in total. The van der Waals surface area contributed by atoms with Crippen molar-refractivity contribution < 1.29 is 0 Å². The van der Waals surface area contributed by atoms with Crippen LogP contribution in [0.25, 0.3) is 16.7 Å². The van der Waals surface area contributed by atoms with Gasteiger partial charge in [0.05, 0.1) is 0 Å². The van der Waals surface area contributed by atoms with E-state index in [-0.39, 0.29) is 11.8 Å².